The summed E-state index contributed by atoms with van der Waals surface area (Å²) in [6.45, 7) is 0. The van der Waals surface area contributed by atoms with Crippen LogP contribution in [-0.4, -0.2) is 20.1 Å². The second-order valence-corrected chi connectivity index (χ2v) is 5.57. The van der Waals surface area contributed by atoms with Gasteiger partial charge in [-0.25, -0.2) is 0 Å². The average molecular weight is 318 g/mol. The minimum absolute atomic E-state index is 0.0142. The van der Waals surface area contributed by atoms with E-state index in [1.54, 1.807) is 14.2 Å². The fraction of sp³-hybridized carbons (Fsp3) is 0.235. The van der Waals surface area contributed by atoms with Gasteiger partial charge in [0.15, 0.2) is 11.5 Å². The zero-order chi connectivity index (χ0) is 15.7. The summed E-state index contributed by atoms with van der Waals surface area (Å²) >= 11 is 5.94. The summed E-state index contributed by atoms with van der Waals surface area (Å²) in [6.07, 6.45) is 0.333. The van der Waals surface area contributed by atoms with Crippen LogP contribution < -0.4 is 14.8 Å². The molecule has 5 heteroatoms. The number of methoxy groups -OCH3 is 2. The lowest BCUT2D eigenvalue weighted by atomic mass is 9.89. The molecule has 0 saturated heterocycles. The Bertz CT molecular complexity index is 713. The largest absolute Gasteiger partial charge is 0.493 e. The summed E-state index contributed by atoms with van der Waals surface area (Å²) < 4.78 is 10.7. The Morgan fingerprint density at radius 1 is 1.09 bits per heavy atom. The number of benzene rings is 2. The first-order valence-electron chi connectivity index (χ1n) is 6.92. The highest BCUT2D eigenvalue weighted by atomic mass is 35.5. The number of amides is 1. The molecule has 1 amide bonds. The van der Waals surface area contributed by atoms with E-state index in [1.807, 2.05) is 36.4 Å². The van der Waals surface area contributed by atoms with Gasteiger partial charge in [0.2, 0.25) is 5.91 Å². The number of fused-ring (bicyclic) bond motifs is 1. The Morgan fingerprint density at radius 2 is 1.73 bits per heavy atom. The molecule has 0 bridgehead atoms. The fourth-order valence-corrected chi connectivity index (χ4v) is 2.87. The van der Waals surface area contributed by atoms with Gasteiger partial charge in [0.05, 0.1) is 26.7 Å². The molecule has 0 saturated carbocycles. The number of hydrogen-bond donors (Lipinski definition) is 1. The van der Waals surface area contributed by atoms with E-state index in [9.17, 15) is 4.79 Å². The molecular formula is C17H16ClNO3. The van der Waals surface area contributed by atoms with Crippen LogP contribution in [0.2, 0.25) is 5.02 Å². The lowest BCUT2D eigenvalue weighted by Gasteiger charge is -2.28. The molecule has 1 N–H and O–H groups in total. The Kier molecular flexibility index (Phi) is 3.94. The van der Waals surface area contributed by atoms with E-state index in [2.05, 4.69) is 5.32 Å². The molecule has 22 heavy (non-hydrogen) atoms. The van der Waals surface area contributed by atoms with Crippen LogP contribution in [-0.2, 0) is 11.2 Å². The van der Waals surface area contributed by atoms with Gasteiger partial charge >= 0.3 is 0 Å². The van der Waals surface area contributed by atoms with E-state index >= 15 is 0 Å². The van der Waals surface area contributed by atoms with Crippen LogP contribution in [0.15, 0.2) is 36.4 Å². The van der Waals surface area contributed by atoms with Crippen molar-refractivity contribution in [1.82, 2.24) is 5.32 Å². The number of halogens is 1. The third-order valence-electron chi connectivity index (χ3n) is 3.82. The molecule has 0 unspecified atom stereocenters. The molecule has 1 heterocycles. The lowest BCUT2D eigenvalue weighted by molar-refractivity contribution is -0.121. The van der Waals surface area contributed by atoms with Crippen molar-refractivity contribution >= 4 is 17.5 Å². The van der Waals surface area contributed by atoms with E-state index < -0.39 is 0 Å². The minimum atomic E-state index is -0.215. The molecule has 2 aromatic carbocycles. The van der Waals surface area contributed by atoms with E-state index in [1.165, 1.54) is 0 Å². The van der Waals surface area contributed by atoms with Crippen molar-refractivity contribution in [1.29, 1.82) is 0 Å². The maximum atomic E-state index is 12.0. The predicted octanol–water partition coefficient (Wildman–Crippen LogP) is 3.12. The minimum Gasteiger partial charge on any atom is -0.493 e. The highest BCUT2D eigenvalue weighted by Crippen LogP contribution is 2.37. The van der Waals surface area contributed by atoms with E-state index in [0.717, 1.165) is 16.7 Å². The summed E-state index contributed by atoms with van der Waals surface area (Å²) in [5.74, 6) is 1.27. The van der Waals surface area contributed by atoms with Gasteiger partial charge in [-0.05, 0) is 41.0 Å². The van der Waals surface area contributed by atoms with Gasteiger partial charge < -0.3 is 14.8 Å². The van der Waals surface area contributed by atoms with Crippen LogP contribution in [0.3, 0.4) is 0 Å². The average Bonchev–Trinajstić information content (AvgIpc) is 2.53. The zero-order valence-corrected chi connectivity index (χ0v) is 13.1. The third kappa shape index (κ3) is 2.62. The molecule has 114 valence electrons. The van der Waals surface area contributed by atoms with Crippen molar-refractivity contribution in [2.24, 2.45) is 0 Å². The molecular weight excluding hydrogens is 302 g/mol. The van der Waals surface area contributed by atoms with Crippen molar-refractivity contribution in [2.45, 2.75) is 12.5 Å². The first-order valence-corrected chi connectivity index (χ1v) is 7.30. The Balaban J connectivity index is 2.11. The molecule has 1 atom stereocenters. The Labute approximate surface area is 134 Å². The van der Waals surface area contributed by atoms with Crippen LogP contribution in [0, 0.1) is 0 Å². The van der Waals surface area contributed by atoms with Crippen molar-refractivity contribution in [3.63, 3.8) is 0 Å². The first-order chi connectivity index (χ1) is 10.6. The maximum absolute atomic E-state index is 12.0. The molecule has 0 aliphatic carbocycles. The molecule has 4 nitrogen and oxygen atoms in total. The van der Waals surface area contributed by atoms with E-state index in [-0.39, 0.29) is 11.9 Å². The van der Waals surface area contributed by atoms with Gasteiger partial charge in [-0.3, -0.25) is 4.79 Å². The predicted molar refractivity (Wildman–Crippen MR) is 84.7 cm³/mol. The van der Waals surface area contributed by atoms with Crippen LogP contribution in [0.25, 0.3) is 0 Å². The second kappa shape index (κ2) is 5.89. The Hall–Kier alpha value is -2.20. The number of carbonyl (C=O) groups is 1. The van der Waals surface area contributed by atoms with Gasteiger partial charge in [-0.2, -0.15) is 0 Å². The van der Waals surface area contributed by atoms with Gasteiger partial charge in [0, 0.05) is 5.02 Å². The van der Waals surface area contributed by atoms with Crippen molar-refractivity contribution < 1.29 is 14.3 Å². The zero-order valence-electron chi connectivity index (χ0n) is 12.4. The van der Waals surface area contributed by atoms with E-state index in [4.69, 9.17) is 21.1 Å². The first kappa shape index (κ1) is 14.7. The monoisotopic (exact) mass is 317 g/mol. The quantitative estimate of drug-likeness (QED) is 0.946. The van der Waals surface area contributed by atoms with Gasteiger partial charge in [0.25, 0.3) is 0 Å². The summed E-state index contributed by atoms with van der Waals surface area (Å²) in [4.78, 5) is 12.0. The summed E-state index contributed by atoms with van der Waals surface area (Å²) in [5, 5.41) is 3.68. The molecule has 1 aliphatic rings. The standard InChI is InChI=1S/C17H16ClNO3/c1-21-14-7-11-8-16(20)19-17(13(11)9-15(14)22-2)10-3-5-12(18)6-4-10/h3-7,9,17H,8H2,1-2H3,(H,19,20)/t17-/m0/s1. The van der Waals surface area contributed by atoms with E-state index in [0.29, 0.717) is 22.9 Å². The van der Waals surface area contributed by atoms with Crippen molar-refractivity contribution in [2.75, 3.05) is 14.2 Å². The molecule has 0 fully saturated rings. The van der Waals surface area contributed by atoms with Crippen molar-refractivity contribution in [3.05, 3.63) is 58.1 Å². The van der Waals surface area contributed by atoms with Crippen LogP contribution in [0.1, 0.15) is 22.7 Å². The van der Waals surface area contributed by atoms with Crippen LogP contribution in [0.5, 0.6) is 11.5 Å². The highest BCUT2D eigenvalue weighted by Gasteiger charge is 2.27. The number of rotatable bonds is 3. The molecule has 0 radical (unpaired) electrons. The molecule has 0 spiro atoms. The van der Waals surface area contributed by atoms with Gasteiger partial charge in [0.1, 0.15) is 0 Å². The second-order valence-electron chi connectivity index (χ2n) is 5.13. The molecule has 3 rings (SSSR count). The summed E-state index contributed by atoms with van der Waals surface area (Å²) in [5.41, 5.74) is 2.94. The maximum Gasteiger partial charge on any atom is 0.225 e. The highest BCUT2D eigenvalue weighted by molar-refractivity contribution is 6.30. The van der Waals surface area contributed by atoms with Crippen LogP contribution in [0.4, 0.5) is 0 Å². The Morgan fingerprint density at radius 3 is 2.36 bits per heavy atom. The third-order valence-corrected chi connectivity index (χ3v) is 4.07. The lowest BCUT2D eigenvalue weighted by Crippen LogP contribution is -2.35. The number of ether oxygens (including phenoxy) is 2. The number of nitrogens with one attached hydrogen (secondary N) is 1. The van der Waals surface area contributed by atoms with Gasteiger partial charge in [-0.15, -0.1) is 0 Å². The summed E-state index contributed by atoms with van der Waals surface area (Å²) in [6, 6.07) is 11.0. The molecule has 2 aromatic rings. The normalized spacial score (nSPS) is 16.7. The number of carbonyl (C=O) groups excluding carboxylic acids is 1. The topological polar surface area (TPSA) is 47.6 Å². The SMILES string of the molecule is COc1cc2c(cc1OC)[C@H](c1ccc(Cl)cc1)NC(=O)C2. The molecule has 0 aromatic heterocycles. The van der Waals surface area contributed by atoms with Gasteiger partial charge in [-0.1, -0.05) is 23.7 Å². The number of hydrogen-bond acceptors (Lipinski definition) is 3. The van der Waals surface area contributed by atoms with Crippen LogP contribution >= 0.6 is 11.6 Å². The molecule has 1 aliphatic heterocycles. The summed E-state index contributed by atoms with van der Waals surface area (Å²) in [7, 11) is 3.19. The smallest absolute Gasteiger partial charge is 0.225 e. The van der Waals surface area contributed by atoms with Crippen molar-refractivity contribution in [3.8, 4) is 11.5 Å². The fourth-order valence-electron chi connectivity index (χ4n) is 2.74.